The Morgan fingerprint density at radius 2 is 2.06 bits per heavy atom. The molecule has 8 heteroatoms. The Bertz CT molecular complexity index is 434. The molecule has 2 amide bonds. The largest absolute Gasteiger partial charge is 0.369 e. The van der Waals surface area contributed by atoms with E-state index in [9.17, 15) is 18.0 Å². The average molecular weight is 277 g/mol. The summed E-state index contributed by atoms with van der Waals surface area (Å²) in [6.07, 6.45) is 2.44. The zero-order valence-electron chi connectivity index (χ0n) is 10.6. The van der Waals surface area contributed by atoms with Gasteiger partial charge in [0.15, 0.2) is 0 Å². The van der Waals surface area contributed by atoms with Crippen molar-refractivity contribution in [1.82, 2.24) is 9.21 Å². The summed E-state index contributed by atoms with van der Waals surface area (Å²) in [4.78, 5) is 24.5. The van der Waals surface area contributed by atoms with Crippen LogP contribution in [0.15, 0.2) is 0 Å². The van der Waals surface area contributed by atoms with Gasteiger partial charge in [0, 0.05) is 20.1 Å². The van der Waals surface area contributed by atoms with Crippen LogP contribution in [0.3, 0.4) is 0 Å². The number of hydrogen-bond acceptors (Lipinski definition) is 4. The van der Waals surface area contributed by atoms with Crippen LogP contribution in [0.25, 0.3) is 0 Å². The lowest BCUT2D eigenvalue weighted by molar-refractivity contribution is -0.134. The van der Waals surface area contributed by atoms with Gasteiger partial charge in [0.05, 0.1) is 18.7 Å². The minimum Gasteiger partial charge on any atom is -0.369 e. The molecule has 0 aromatic rings. The number of primary amides is 1. The molecule has 0 aliphatic carbocycles. The molecule has 2 N–H and O–H groups in total. The Hall–Kier alpha value is -1.15. The number of piperidine rings is 1. The van der Waals surface area contributed by atoms with E-state index in [1.165, 1.54) is 11.9 Å². The normalized spacial score (nSPS) is 21.1. The Morgan fingerprint density at radius 3 is 2.56 bits per heavy atom. The summed E-state index contributed by atoms with van der Waals surface area (Å²) in [5.41, 5.74) is 5.22. The van der Waals surface area contributed by atoms with Gasteiger partial charge in [0.1, 0.15) is 0 Å². The van der Waals surface area contributed by atoms with Crippen LogP contribution >= 0.6 is 0 Å². The minimum absolute atomic E-state index is 0.204. The van der Waals surface area contributed by atoms with Crippen LogP contribution in [0.5, 0.6) is 0 Å². The van der Waals surface area contributed by atoms with Crippen LogP contribution in [0.4, 0.5) is 0 Å². The highest BCUT2D eigenvalue weighted by Crippen LogP contribution is 2.16. The maximum Gasteiger partial charge on any atom is 0.237 e. The van der Waals surface area contributed by atoms with E-state index in [1.807, 2.05) is 0 Å². The fourth-order valence-electron chi connectivity index (χ4n) is 1.84. The van der Waals surface area contributed by atoms with Crippen LogP contribution in [-0.2, 0) is 19.6 Å². The van der Waals surface area contributed by atoms with Crippen molar-refractivity contribution >= 4 is 21.8 Å². The molecule has 1 saturated heterocycles. The number of carbonyl (C=O) groups excluding carboxylic acids is 2. The molecule has 1 aliphatic rings. The molecule has 1 atom stereocenters. The standard InChI is InChI=1S/C10H19N3O4S/c1-12(18(2,16)17)7-9(14)13-5-3-4-8(6-13)10(11)15/h8H,3-7H2,1-2H3,(H2,11,15)/t8-/m1/s1. The number of hydrogen-bond donors (Lipinski definition) is 1. The zero-order valence-corrected chi connectivity index (χ0v) is 11.4. The molecule has 1 heterocycles. The number of likely N-dealkylation sites (tertiary alicyclic amines) is 1. The van der Waals surface area contributed by atoms with Crippen LogP contribution in [0, 0.1) is 5.92 Å². The predicted molar refractivity (Wildman–Crippen MR) is 66.0 cm³/mol. The second-order valence-electron chi connectivity index (χ2n) is 4.60. The topological polar surface area (TPSA) is 101 Å². The third-order valence-electron chi connectivity index (χ3n) is 3.10. The molecule has 0 aromatic carbocycles. The third kappa shape index (κ3) is 3.95. The molecule has 0 spiro atoms. The van der Waals surface area contributed by atoms with Gasteiger partial charge in [-0.15, -0.1) is 0 Å². The van der Waals surface area contributed by atoms with Crippen molar-refractivity contribution in [3.05, 3.63) is 0 Å². The Labute approximate surface area is 107 Å². The fraction of sp³-hybridized carbons (Fsp3) is 0.800. The molecule has 104 valence electrons. The lowest BCUT2D eigenvalue weighted by atomic mass is 9.97. The van der Waals surface area contributed by atoms with Crippen molar-refractivity contribution < 1.29 is 18.0 Å². The minimum atomic E-state index is -3.37. The quantitative estimate of drug-likeness (QED) is 0.683. The molecular weight excluding hydrogens is 258 g/mol. The molecule has 0 radical (unpaired) electrons. The van der Waals surface area contributed by atoms with E-state index in [-0.39, 0.29) is 24.9 Å². The highest BCUT2D eigenvalue weighted by atomic mass is 32.2. The maximum atomic E-state index is 11.9. The number of rotatable bonds is 4. The molecule has 1 rings (SSSR count). The van der Waals surface area contributed by atoms with Crippen LogP contribution < -0.4 is 5.73 Å². The van der Waals surface area contributed by atoms with E-state index in [4.69, 9.17) is 5.73 Å². The van der Waals surface area contributed by atoms with Crippen molar-refractivity contribution in [3.63, 3.8) is 0 Å². The van der Waals surface area contributed by atoms with E-state index >= 15 is 0 Å². The van der Waals surface area contributed by atoms with Gasteiger partial charge in [-0.3, -0.25) is 9.59 Å². The highest BCUT2D eigenvalue weighted by molar-refractivity contribution is 7.88. The van der Waals surface area contributed by atoms with Gasteiger partial charge in [-0.25, -0.2) is 8.42 Å². The van der Waals surface area contributed by atoms with Crippen molar-refractivity contribution in [2.75, 3.05) is 32.9 Å². The van der Waals surface area contributed by atoms with E-state index in [0.717, 1.165) is 10.6 Å². The van der Waals surface area contributed by atoms with Gasteiger partial charge in [0.25, 0.3) is 0 Å². The first kappa shape index (κ1) is 14.9. The molecular formula is C10H19N3O4S. The molecule has 1 aliphatic heterocycles. The van der Waals surface area contributed by atoms with Gasteiger partial charge in [-0.1, -0.05) is 0 Å². The Morgan fingerprint density at radius 1 is 1.44 bits per heavy atom. The van der Waals surface area contributed by atoms with E-state index in [2.05, 4.69) is 0 Å². The second-order valence-corrected chi connectivity index (χ2v) is 6.69. The molecule has 18 heavy (non-hydrogen) atoms. The lowest BCUT2D eigenvalue weighted by Crippen LogP contribution is -2.47. The monoisotopic (exact) mass is 277 g/mol. The smallest absolute Gasteiger partial charge is 0.237 e. The molecule has 1 fully saturated rings. The molecule has 0 unspecified atom stereocenters. The molecule has 0 aromatic heterocycles. The van der Waals surface area contributed by atoms with Crippen molar-refractivity contribution in [2.45, 2.75) is 12.8 Å². The van der Waals surface area contributed by atoms with Gasteiger partial charge < -0.3 is 10.6 Å². The number of likely N-dealkylation sites (N-methyl/N-ethyl adjacent to an activating group) is 1. The molecule has 0 bridgehead atoms. The Balaban J connectivity index is 2.59. The number of amides is 2. The summed E-state index contributed by atoms with van der Waals surface area (Å²) in [7, 11) is -2.02. The summed E-state index contributed by atoms with van der Waals surface area (Å²) in [6, 6.07) is 0. The van der Waals surface area contributed by atoms with E-state index < -0.39 is 15.9 Å². The van der Waals surface area contributed by atoms with E-state index in [0.29, 0.717) is 19.4 Å². The predicted octanol–water partition coefficient (Wildman–Crippen LogP) is -1.40. The Kier molecular flexibility index (Phi) is 4.69. The second kappa shape index (κ2) is 5.66. The summed E-state index contributed by atoms with van der Waals surface area (Å²) in [5, 5.41) is 0. The first-order valence-electron chi connectivity index (χ1n) is 5.70. The van der Waals surface area contributed by atoms with Gasteiger partial charge in [0.2, 0.25) is 21.8 Å². The van der Waals surface area contributed by atoms with Crippen LogP contribution in [-0.4, -0.2) is 62.4 Å². The first-order valence-corrected chi connectivity index (χ1v) is 7.55. The van der Waals surface area contributed by atoms with Crippen molar-refractivity contribution in [3.8, 4) is 0 Å². The first-order chi connectivity index (χ1) is 8.21. The molecule has 7 nitrogen and oxygen atoms in total. The number of nitrogens with two attached hydrogens (primary N) is 1. The number of nitrogens with zero attached hydrogens (tertiary/aromatic N) is 2. The van der Waals surface area contributed by atoms with E-state index in [1.54, 1.807) is 0 Å². The van der Waals surface area contributed by atoms with Gasteiger partial charge in [-0.05, 0) is 12.8 Å². The number of sulfonamides is 1. The lowest BCUT2D eigenvalue weighted by Gasteiger charge is -2.32. The summed E-state index contributed by atoms with van der Waals surface area (Å²) >= 11 is 0. The number of carbonyl (C=O) groups is 2. The van der Waals surface area contributed by atoms with Crippen molar-refractivity contribution in [2.24, 2.45) is 11.7 Å². The molecule has 0 saturated carbocycles. The van der Waals surface area contributed by atoms with Crippen molar-refractivity contribution in [1.29, 1.82) is 0 Å². The van der Waals surface area contributed by atoms with Gasteiger partial charge >= 0.3 is 0 Å². The maximum absolute atomic E-state index is 11.9. The summed E-state index contributed by atoms with van der Waals surface area (Å²) < 4.78 is 23.4. The SMILES string of the molecule is CN(CC(=O)N1CCC[C@@H](C(N)=O)C1)S(C)(=O)=O. The van der Waals surface area contributed by atoms with Gasteiger partial charge in [-0.2, -0.15) is 4.31 Å². The average Bonchev–Trinajstić information content (AvgIpc) is 2.27. The van der Waals surface area contributed by atoms with Crippen LogP contribution in [0.1, 0.15) is 12.8 Å². The highest BCUT2D eigenvalue weighted by Gasteiger charge is 2.28. The zero-order chi connectivity index (χ0) is 13.9. The van der Waals surface area contributed by atoms with Crippen LogP contribution in [0.2, 0.25) is 0 Å². The fourth-order valence-corrected chi connectivity index (χ4v) is 2.19. The summed E-state index contributed by atoms with van der Waals surface area (Å²) in [5.74, 6) is -1.04. The summed E-state index contributed by atoms with van der Waals surface area (Å²) in [6.45, 7) is 0.621. The third-order valence-corrected chi connectivity index (χ3v) is 4.36.